The van der Waals surface area contributed by atoms with Crippen LogP contribution in [0.2, 0.25) is 5.02 Å². The summed E-state index contributed by atoms with van der Waals surface area (Å²) >= 11 is 6.16. The molecule has 9 heteroatoms. The summed E-state index contributed by atoms with van der Waals surface area (Å²) in [4.78, 5) is 14.4. The number of hydrogen-bond acceptors (Lipinski definition) is 6. The number of likely N-dealkylation sites (N-methyl/N-ethyl adjacent to an activating group) is 1. The molecule has 1 N–H and O–H groups in total. The van der Waals surface area contributed by atoms with Crippen LogP contribution in [0.5, 0.6) is 0 Å². The van der Waals surface area contributed by atoms with Crippen molar-refractivity contribution < 1.29 is 17.9 Å². The first kappa shape index (κ1) is 26.6. The minimum atomic E-state index is -3.49. The van der Waals surface area contributed by atoms with Gasteiger partial charge in [-0.3, -0.25) is 4.79 Å². The number of nitrogens with one attached hydrogen (secondary N) is 1. The predicted molar refractivity (Wildman–Crippen MR) is 135 cm³/mol. The van der Waals surface area contributed by atoms with E-state index in [1.807, 2.05) is 56.6 Å². The van der Waals surface area contributed by atoms with Gasteiger partial charge in [-0.2, -0.15) is 4.31 Å². The molecule has 1 aliphatic rings. The third-order valence-electron chi connectivity index (χ3n) is 5.79. The Morgan fingerprint density at radius 2 is 1.88 bits per heavy atom. The van der Waals surface area contributed by atoms with Crippen LogP contribution < -0.4 is 5.32 Å². The zero-order valence-corrected chi connectivity index (χ0v) is 21.6. The molecular weight excluding hydrogens is 474 g/mol. The monoisotopic (exact) mass is 507 g/mol. The number of carbonyl (C=O) groups is 1. The number of carbonyl (C=O) groups excluding carboxylic acids is 1. The van der Waals surface area contributed by atoms with Gasteiger partial charge in [0.25, 0.3) is 0 Å². The van der Waals surface area contributed by atoms with E-state index in [0.717, 1.165) is 29.1 Å². The lowest BCUT2D eigenvalue weighted by Gasteiger charge is -2.23. The number of ether oxygens (including phenoxy) is 1. The van der Waals surface area contributed by atoms with Crippen LogP contribution in [0.4, 0.5) is 0 Å². The zero-order chi connectivity index (χ0) is 24.7. The van der Waals surface area contributed by atoms with Crippen molar-refractivity contribution in [2.24, 2.45) is 0 Å². The van der Waals surface area contributed by atoms with Crippen molar-refractivity contribution >= 4 is 27.6 Å². The Morgan fingerprint density at radius 1 is 1.18 bits per heavy atom. The van der Waals surface area contributed by atoms with Crippen LogP contribution in [-0.4, -0.2) is 68.7 Å². The van der Waals surface area contributed by atoms with E-state index in [0.29, 0.717) is 6.54 Å². The summed E-state index contributed by atoms with van der Waals surface area (Å²) in [6, 6.07) is 15.2. The highest BCUT2D eigenvalue weighted by atomic mass is 35.5. The molecule has 7 nitrogen and oxygen atoms in total. The molecule has 2 atom stereocenters. The third-order valence-corrected chi connectivity index (χ3v) is 7.88. The second-order valence-corrected chi connectivity index (χ2v) is 11.4. The smallest absolute Gasteiger partial charge is 0.324 e. The molecule has 1 aliphatic heterocycles. The molecule has 34 heavy (non-hydrogen) atoms. The molecule has 0 amide bonds. The summed E-state index contributed by atoms with van der Waals surface area (Å²) in [6.07, 6.45) is 1.10. The van der Waals surface area contributed by atoms with Gasteiger partial charge >= 0.3 is 5.97 Å². The molecule has 2 aromatic carbocycles. The average molecular weight is 508 g/mol. The van der Waals surface area contributed by atoms with E-state index in [4.69, 9.17) is 16.3 Å². The van der Waals surface area contributed by atoms with Crippen LogP contribution in [0.15, 0.2) is 48.5 Å². The Kier molecular flexibility index (Phi) is 9.50. The van der Waals surface area contributed by atoms with Crippen LogP contribution in [0, 0.1) is 0 Å². The molecule has 186 valence electrons. The Balaban J connectivity index is 1.68. The topological polar surface area (TPSA) is 79.0 Å². The number of benzene rings is 2. The minimum absolute atomic E-state index is 0.0343. The van der Waals surface area contributed by atoms with Gasteiger partial charge in [-0.25, -0.2) is 8.42 Å². The Morgan fingerprint density at radius 3 is 2.59 bits per heavy atom. The van der Waals surface area contributed by atoms with Crippen LogP contribution in [-0.2, 0) is 39.1 Å². The summed E-state index contributed by atoms with van der Waals surface area (Å²) < 4.78 is 31.5. The Hall–Kier alpha value is -1.97. The fraction of sp³-hybridized carbons (Fsp3) is 0.480. The predicted octanol–water partition coefficient (Wildman–Crippen LogP) is 3.07. The van der Waals surface area contributed by atoms with Gasteiger partial charge < -0.3 is 15.0 Å². The SMILES string of the molecule is CCOC(=O)C1CCS(=O)(=O)N1Cc1cccc(CN[C@@H](Cc2cccc(Cl)c2)CN(C)C)c1. The summed E-state index contributed by atoms with van der Waals surface area (Å²) in [6.45, 7) is 3.61. The maximum absolute atomic E-state index is 12.6. The van der Waals surface area contributed by atoms with Crippen molar-refractivity contribution in [2.75, 3.05) is 33.0 Å². The maximum Gasteiger partial charge on any atom is 0.324 e. The van der Waals surface area contributed by atoms with Gasteiger partial charge in [0, 0.05) is 30.7 Å². The van der Waals surface area contributed by atoms with E-state index in [1.165, 1.54) is 9.87 Å². The molecule has 2 aromatic rings. The second kappa shape index (κ2) is 12.1. The van der Waals surface area contributed by atoms with Crippen molar-refractivity contribution in [3.05, 3.63) is 70.2 Å². The van der Waals surface area contributed by atoms with Gasteiger partial charge in [0.15, 0.2) is 0 Å². The second-order valence-electron chi connectivity index (χ2n) is 8.91. The number of rotatable bonds is 11. The number of nitrogens with zero attached hydrogens (tertiary/aromatic N) is 2. The molecule has 0 saturated carbocycles. The molecule has 1 heterocycles. The van der Waals surface area contributed by atoms with E-state index < -0.39 is 22.0 Å². The highest BCUT2D eigenvalue weighted by Gasteiger charge is 2.42. The fourth-order valence-corrected chi connectivity index (χ4v) is 6.16. The lowest BCUT2D eigenvalue weighted by molar-refractivity contribution is -0.147. The van der Waals surface area contributed by atoms with Gasteiger partial charge in [0.2, 0.25) is 10.0 Å². The van der Waals surface area contributed by atoms with Crippen molar-refractivity contribution in [3.63, 3.8) is 0 Å². The minimum Gasteiger partial charge on any atom is -0.465 e. The standard InChI is InChI=1S/C25H34ClN3O4S/c1-4-33-25(30)24-11-12-34(31,32)29(24)17-21-9-5-8-20(13-21)16-27-23(18-28(2)3)15-19-7-6-10-22(26)14-19/h5-10,13-14,23-24,27H,4,11-12,15-18H2,1-3H3/t23-,24?/m0/s1. The van der Waals surface area contributed by atoms with E-state index in [2.05, 4.69) is 16.3 Å². The number of esters is 1. The first-order valence-electron chi connectivity index (χ1n) is 11.5. The highest BCUT2D eigenvalue weighted by Crippen LogP contribution is 2.25. The third kappa shape index (κ3) is 7.52. The van der Waals surface area contributed by atoms with Gasteiger partial charge in [0.1, 0.15) is 6.04 Å². The lowest BCUT2D eigenvalue weighted by Crippen LogP contribution is -2.39. The maximum atomic E-state index is 12.6. The van der Waals surface area contributed by atoms with Gasteiger partial charge in [-0.1, -0.05) is 48.0 Å². The molecule has 0 radical (unpaired) electrons. The summed E-state index contributed by atoms with van der Waals surface area (Å²) in [5.41, 5.74) is 3.07. The first-order valence-corrected chi connectivity index (χ1v) is 13.5. The van der Waals surface area contributed by atoms with Crippen molar-refractivity contribution in [1.29, 1.82) is 0 Å². The Bertz CT molecular complexity index is 1080. The molecule has 0 aliphatic carbocycles. The Labute approximate surface area is 208 Å². The number of hydrogen-bond donors (Lipinski definition) is 1. The highest BCUT2D eigenvalue weighted by molar-refractivity contribution is 7.89. The lowest BCUT2D eigenvalue weighted by atomic mass is 10.0. The van der Waals surface area contributed by atoms with Crippen LogP contribution in [0.1, 0.15) is 30.0 Å². The zero-order valence-electron chi connectivity index (χ0n) is 20.0. The van der Waals surface area contributed by atoms with E-state index in [1.54, 1.807) is 6.92 Å². The molecule has 1 fully saturated rings. The number of halogens is 1. The molecule has 0 spiro atoms. The van der Waals surface area contributed by atoms with Crippen LogP contribution in [0.25, 0.3) is 0 Å². The summed E-state index contributed by atoms with van der Waals surface area (Å²) in [5.74, 6) is -0.512. The number of sulfonamides is 1. The average Bonchev–Trinajstić information content (AvgIpc) is 3.06. The molecular formula is C25H34ClN3O4S. The quantitative estimate of drug-likeness (QED) is 0.471. The molecule has 0 aromatic heterocycles. The van der Waals surface area contributed by atoms with E-state index in [-0.39, 0.29) is 31.4 Å². The van der Waals surface area contributed by atoms with E-state index in [9.17, 15) is 13.2 Å². The molecule has 1 unspecified atom stereocenters. The van der Waals surface area contributed by atoms with E-state index >= 15 is 0 Å². The summed E-state index contributed by atoms with van der Waals surface area (Å²) in [7, 11) is 0.603. The largest absolute Gasteiger partial charge is 0.465 e. The molecule has 1 saturated heterocycles. The van der Waals surface area contributed by atoms with Crippen LogP contribution in [0.3, 0.4) is 0 Å². The van der Waals surface area contributed by atoms with Gasteiger partial charge in [-0.15, -0.1) is 0 Å². The fourth-order valence-electron chi connectivity index (χ4n) is 4.27. The van der Waals surface area contributed by atoms with Crippen molar-refractivity contribution in [3.8, 4) is 0 Å². The molecule has 0 bridgehead atoms. The summed E-state index contributed by atoms with van der Waals surface area (Å²) in [5, 5.41) is 4.35. The van der Waals surface area contributed by atoms with Gasteiger partial charge in [-0.05, 0) is 62.7 Å². The molecule has 3 rings (SSSR count). The first-order chi connectivity index (χ1) is 16.2. The van der Waals surface area contributed by atoms with Crippen LogP contribution >= 0.6 is 11.6 Å². The van der Waals surface area contributed by atoms with Crippen molar-refractivity contribution in [1.82, 2.24) is 14.5 Å². The van der Waals surface area contributed by atoms with Gasteiger partial charge in [0.05, 0.1) is 12.4 Å². The normalized spacial score (nSPS) is 18.8. The van der Waals surface area contributed by atoms with Crippen molar-refractivity contribution in [2.45, 2.75) is 44.9 Å².